The second-order valence-electron chi connectivity index (χ2n) is 5.79. The molecule has 0 saturated heterocycles. The molecule has 4 aromatic rings. The van der Waals surface area contributed by atoms with E-state index in [1.54, 1.807) is 0 Å². The van der Waals surface area contributed by atoms with Crippen molar-refractivity contribution in [1.29, 1.82) is 0 Å². The first kappa shape index (κ1) is 17.6. The molecular formula is C23H22N2O. The summed E-state index contributed by atoms with van der Waals surface area (Å²) < 4.78 is 6.13. The Hall–Kier alpha value is -3.17. The quantitative estimate of drug-likeness (QED) is 0.533. The van der Waals surface area contributed by atoms with Gasteiger partial charge in [0, 0.05) is 16.7 Å². The summed E-state index contributed by atoms with van der Waals surface area (Å²) in [5.74, 6) is 1.44. The average Bonchev–Trinajstić information content (AvgIpc) is 3.16. The molecule has 26 heavy (non-hydrogen) atoms. The summed E-state index contributed by atoms with van der Waals surface area (Å²) in [5, 5.41) is 2.75. The molecule has 3 aromatic carbocycles. The van der Waals surface area contributed by atoms with E-state index in [1.807, 2.05) is 93.0 Å². The third-order valence-electron chi connectivity index (χ3n) is 3.73. The Balaban J connectivity index is 0.000000613. The number of nitrogens with one attached hydrogen (secondary N) is 1. The van der Waals surface area contributed by atoms with Gasteiger partial charge in [0.15, 0.2) is 5.76 Å². The first-order valence-electron chi connectivity index (χ1n) is 8.59. The van der Waals surface area contributed by atoms with Gasteiger partial charge in [0.2, 0.25) is 5.89 Å². The summed E-state index contributed by atoms with van der Waals surface area (Å²) in [7, 11) is 3.75. The highest BCUT2D eigenvalue weighted by Gasteiger charge is 2.17. The van der Waals surface area contributed by atoms with Crippen molar-refractivity contribution >= 4 is 0 Å². The van der Waals surface area contributed by atoms with Crippen molar-refractivity contribution in [1.82, 2.24) is 10.3 Å². The van der Waals surface area contributed by atoms with Crippen molar-refractivity contribution in [3.05, 3.63) is 91.0 Å². The molecule has 1 N–H and O–H groups in total. The number of hydrogen-bond acceptors (Lipinski definition) is 3. The first-order chi connectivity index (χ1) is 12.8. The maximum Gasteiger partial charge on any atom is 0.227 e. The fourth-order valence-electron chi connectivity index (χ4n) is 2.60. The normalized spacial score (nSPS) is 10.1. The standard InChI is InChI=1S/C21H15NO.C2H7N/c1-4-10-16(11-5-1)19-20(17-12-6-2-7-13-17)23-21(22-19)18-14-8-3-9-15-18;1-3-2/h1-15H;3H,1-2H3. The zero-order valence-corrected chi connectivity index (χ0v) is 15.0. The Bertz CT molecular complexity index is 859. The Labute approximate surface area is 154 Å². The van der Waals surface area contributed by atoms with Gasteiger partial charge in [0.25, 0.3) is 0 Å². The topological polar surface area (TPSA) is 38.1 Å². The maximum absolute atomic E-state index is 6.13. The molecule has 130 valence electrons. The molecule has 0 aliphatic rings. The van der Waals surface area contributed by atoms with Gasteiger partial charge in [-0.3, -0.25) is 0 Å². The van der Waals surface area contributed by atoms with E-state index in [2.05, 4.69) is 17.4 Å². The van der Waals surface area contributed by atoms with Crippen molar-refractivity contribution in [2.75, 3.05) is 14.1 Å². The lowest BCUT2D eigenvalue weighted by molar-refractivity contribution is 0.589. The molecule has 0 saturated carbocycles. The van der Waals surface area contributed by atoms with Gasteiger partial charge in [-0.25, -0.2) is 4.98 Å². The smallest absolute Gasteiger partial charge is 0.227 e. The lowest BCUT2D eigenvalue weighted by Crippen LogP contribution is -1.89. The molecule has 0 amide bonds. The minimum Gasteiger partial charge on any atom is -0.435 e. The minimum atomic E-state index is 0.642. The monoisotopic (exact) mass is 342 g/mol. The molecule has 0 spiro atoms. The van der Waals surface area contributed by atoms with E-state index < -0.39 is 0 Å². The lowest BCUT2D eigenvalue weighted by atomic mass is 10.1. The molecular weight excluding hydrogens is 320 g/mol. The molecule has 3 nitrogen and oxygen atoms in total. The van der Waals surface area contributed by atoms with Crippen molar-refractivity contribution in [3.63, 3.8) is 0 Å². The summed E-state index contributed by atoms with van der Waals surface area (Å²) in [4.78, 5) is 4.76. The molecule has 0 fully saturated rings. The van der Waals surface area contributed by atoms with Crippen LogP contribution in [0, 0.1) is 0 Å². The van der Waals surface area contributed by atoms with Crippen LogP contribution in [0.2, 0.25) is 0 Å². The number of oxazole rings is 1. The minimum absolute atomic E-state index is 0.642. The van der Waals surface area contributed by atoms with Gasteiger partial charge >= 0.3 is 0 Å². The number of benzene rings is 3. The average molecular weight is 342 g/mol. The highest BCUT2D eigenvalue weighted by Crippen LogP contribution is 2.35. The van der Waals surface area contributed by atoms with Crippen LogP contribution in [0.25, 0.3) is 34.0 Å². The summed E-state index contributed by atoms with van der Waals surface area (Å²) in [6, 6.07) is 30.2. The molecule has 3 heteroatoms. The van der Waals surface area contributed by atoms with E-state index in [4.69, 9.17) is 9.40 Å². The summed E-state index contributed by atoms with van der Waals surface area (Å²) >= 11 is 0. The SMILES string of the molecule is CNC.c1ccc(-c2nc(-c3ccccc3)c(-c3ccccc3)o2)cc1. The number of rotatable bonds is 3. The Morgan fingerprint density at radius 2 is 1.04 bits per heavy atom. The highest BCUT2D eigenvalue weighted by atomic mass is 16.4. The van der Waals surface area contributed by atoms with Gasteiger partial charge in [0.05, 0.1) is 0 Å². The van der Waals surface area contributed by atoms with Crippen LogP contribution in [-0.4, -0.2) is 19.1 Å². The van der Waals surface area contributed by atoms with E-state index in [1.165, 1.54) is 0 Å². The first-order valence-corrected chi connectivity index (χ1v) is 8.59. The van der Waals surface area contributed by atoms with Crippen LogP contribution in [0.3, 0.4) is 0 Å². The van der Waals surface area contributed by atoms with E-state index in [0.717, 1.165) is 28.1 Å². The number of hydrogen-bond donors (Lipinski definition) is 1. The van der Waals surface area contributed by atoms with Gasteiger partial charge in [0.1, 0.15) is 5.69 Å². The molecule has 0 bridgehead atoms. The molecule has 0 aliphatic carbocycles. The molecule has 1 aromatic heterocycles. The molecule has 0 unspecified atom stereocenters. The Morgan fingerprint density at radius 3 is 1.54 bits per heavy atom. The number of aromatic nitrogens is 1. The third-order valence-corrected chi connectivity index (χ3v) is 3.73. The van der Waals surface area contributed by atoms with Crippen LogP contribution in [0.4, 0.5) is 0 Å². The van der Waals surface area contributed by atoms with E-state index in [-0.39, 0.29) is 0 Å². The van der Waals surface area contributed by atoms with Crippen LogP contribution >= 0.6 is 0 Å². The molecule has 0 atom stereocenters. The van der Waals surface area contributed by atoms with Crippen molar-refractivity contribution in [3.8, 4) is 34.0 Å². The van der Waals surface area contributed by atoms with Gasteiger partial charge in [-0.15, -0.1) is 0 Å². The molecule has 4 rings (SSSR count). The summed E-state index contributed by atoms with van der Waals surface area (Å²) in [6.45, 7) is 0. The number of nitrogens with zero attached hydrogens (tertiary/aromatic N) is 1. The predicted octanol–water partition coefficient (Wildman–Crippen LogP) is 5.51. The van der Waals surface area contributed by atoms with E-state index >= 15 is 0 Å². The maximum atomic E-state index is 6.13. The van der Waals surface area contributed by atoms with Gasteiger partial charge in [-0.1, -0.05) is 78.9 Å². The second-order valence-corrected chi connectivity index (χ2v) is 5.79. The molecule has 1 heterocycles. The Morgan fingerprint density at radius 1 is 0.615 bits per heavy atom. The van der Waals surface area contributed by atoms with Crippen LogP contribution in [0.15, 0.2) is 95.4 Å². The third kappa shape index (κ3) is 4.08. The van der Waals surface area contributed by atoms with Gasteiger partial charge in [-0.2, -0.15) is 0 Å². The Kier molecular flexibility index (Phi) is 5.96. The highest BCUT2D eigenvalue weighted by molar-refractivity contribution is 5.78. The zero-order valence-electron chi connectivity index (χ0n) is 15.0. The van der Waals surface area contributed by atoms with Crippen molar-refractivity contribution in [2.24, 2.45) is 0 Å². The van der Waals surface area contributed by atoms with Crippen molar-refractivity contribution < 1.29 is 4.42 Å². The fraction of sp³-hybridized carbons (Fsp3) is 0.0870. The predicted molar refractivity (Wildman–Crippen MR) is 108 cm³/mol. The zero-order chi connectivity index (χ0) is 18.2. The van der Waals surface area contributed by atoms with E-state index in [0.29, 0.717) is 5.89 Å². The second kappa shape index (κ2) is 8.79. The largest absolute Gasteiger partial charge is 0.435 e. The van der Waals surface area contributed by atoms with Crippen LogP contribution in [0.5, 0.6) is 0 Å². The molecule has 0 aliphatic heterocycles. The van der Waals surface area contributed by atoms with Gasteiger partial charge in [-0.05, 0) is 26.2 Å². The van der Waals surface area contributed by atoms with Gasteiger partial charge < -0.3 is 9.73 Å². The summed E-state index contributed by atoms with van der Waals surface area (Å²) in [5.41, 5.74) is 3.93. The van der Waals surface area contributed by atoms with E-state index in [9.17, 15) is 0 Å². The van der Waals surface area contributed by atoms with Crippen LogP contribution in [0.1, 0.15) is 0 Å². The van der Waals surface area contributed by atoms with Crippen LogP contribution in [-0.2, 0) is 0 Å². The van der Waals surface area contributed by atoms with Crippen LogP contribution < -0.4 is 5.32 Å². The lowest BCUT2D eigenvalue weighted by Gasteiger charge is -2.00. The van der Waals surface area contributed by atoms with Crippen molar-refractivity contribution in [2.45, 2.75) is 0 Å². The summed E-state index contributed by atoms with van der Waals surface area (Å²) in [6.07, 6.45) is 0. The fourth-order valence-corrected chi connectivity index (χ4v) is 2.60. The molecule has 0 radical (unpaired) electrons.